The molecule has 2 aliphatic heterocycles. The monoisotopic (exact) mass is 478 g/mol. The molecule has 2 aliphatic rings. The number of hydrogen-bond acceptors (Lipinski definition) is 5. The van der Waals surface area contributed by atoms with Gasteiger partial charge >= 0.3 is 0 Å². The molecule has 0 radical (unpaired) electrons. The van der Waals surface area contributed by atoms with Crippen LogP contribution < -0.4 is 4.74 Å². The van der Waals surface area contributed by atoms with Crippen molar-refractivity contribution < 1.29 is 22.7 Å². The van der Waals surface area contributed by atoms with Gasteiger partial charge in [-0.05, 0) is 48.4 Å². The maximum Gasteiger partial charge on any atom is 0.245 e. The summed E-state index contributed by atoms with van der Waals surface area (Å²) >= 11 is 5.91. The molecule has 9 heteroatoms. The maximum absolute atomic E-state index is 13.3. The van der Waals surface area contributed by atoms with E-state index in [0.717, 1.165) is 11.3 Å². The number of methoxy groups -OCH3 is 1. The summed E-state index contributed by atoms with van der Waals surface area (Å²) in [7, 11) is -2.09. The average Bonchev–Trinajstić information content (AvgIpc) is 3.22. The first-order valence-corrected chi connectivity index (χ1v) is 12.5. The van der Waals surface area contributed by atoms with E-state index in [0.29, 0.717) is 56.9 Å². The van der Waals surface area contributed by atoms with E-state index in [1.165, 1.54) is 16.4 Å². The molecule has 2 saturated heterocycles. The lowest BCUT2D eigenvalue weighted by atomic mass is 10.00. The van der Waals surface area contributed by atoms with Gasteiger partial charge < -0.3 is 14.4 Å². The van der Waals surface area contributed by atoms with E-state index < -0.39 is 15.7 Å². The van der Waals surface area contributed by atoms with Gasteiger partial charge in [0.25, 0.3) is 0 Å². The van der Waals surface area contributed by atoms with E-state index in [1.807, 2.05) is 29.2 Å². The van der Waals surface area contributed by atoms with Gasteiger partial charge in [-0.2, -0.15) is 4.31 Å². The minimum atomic E-state index is -3.72. The molecule has 0 saturated carbocycles. The van der Waals surface area contributed by atoms with Crippen LogP contribution in [0.1, 0.15) is 24.8 Å². The SMILES string of the molecule is COc1ccc(CCC(=O)N2CCC3(CC2)OCCN3S(=O)(=O)c2ccc(Cl)cc2)cc1. The quantitative estimate of drug-likeness (QED) is 0.636. The summed E-state index contributed by atoms with van der Waals surface area (Å²) < 4.78 is 39.1. The van der Waals surface area contributed by atoms with Crippen LogP contribution >= 0.6 is 11.6 Å². The number of carbonyl (C=O) groups excluding carboxylic acids is 1. The van der Waals surface area contributed by atoms with Crippen LogP contribution in [0.3, 0.4) is 0 Å². The highest BCUT2D eigenvalue weighted by Crippen LogP contribution is 2.38. The van der Waals surface area contributed by atoms with E-state index in [2.05, 4.69) is 0 Å². The predicted molar refractivity (Wildman–Crippen MR) is 121 cm³/mol. The summed E-state index contributed by atoms with van der Waals surface area (Å²) in [6.45, 7) is 1.58. The van der Waals surface area contributed by atoms with Crippen molar-refractivity contribution in [2.24, 2.45) is 0 Å². The third-order valence-electron chi connectivity index (χ3n) is 6.21. The molecule has 1 amide bonds. The van der Waals surface area contributed by atoms with E-state index >= 15 is 0 Å². The topological polar surface area (TPSA) is 76.2 Å². The fraction of sp³-hybridized carbons (Fsp3) is 0.435. The number of hydrogen-bond donors (Lipinski definition) is 0. The molecule has 2 aromatic rings. The second kappa shape index (κ2) is 9.39. The molecule has 0 aromatic heterocycles. The Bertz CT molecular complexity index is 1050. The predicted octanol–water partition coefficient (Wildman–Crippen LogP) is 3.32. The number of benzene rings is 2. The molecule has 7 nitrogen and oxygen atoms in total. The van der Waals surface area contributed by atoms with Gasteiger partial charge in [0.15, 0.2) is 0 Å². The Balaban J connectivity index is 1.38. The van der Waals surface area contributed by atoms with Gasteiger partial charge in [-0.3, -0.25) is 4.79 Å². The molecule has 2 heterocycles. The van der Waals surface area contributed by atoms with Crippen LogP contribution in [-0.4, -0.2) is 62.6 Å². The lowest BCUT2D eigenvalue weighted by Gasteiger charge is -2.42. The van der Waals surface area contributed by atoms with E-state index in [-0.39, 0.29) is 10.8 Å². The number of amides is 1. The van der Waals surface area contributed by atoms with Gasteiger partial charge in [0.05, 0.1) is 18.6 Å². The van der Waals surface area contributed by atoms with Crippen LogP contribution in [0.2, 0.25) is 5.02 Å². The highest BCUT2D eigenvalue weighted by molar-refractivity contribution is 7.89. The van der Waals surface area contributed by atoms with Crippen LogP contribution in [0.5, 0.6) is 5.75 Å². The molecule has 0 atom stereocenters. The first-order chi connectivity index (χ1) is 15.3. The molecule has 0 bridgehead atoms. The van der Waals surface area contributed by atoms with Crippen molar-refractivity contribution in [3.8, 4) is 5.75 Å². The lowest BCUT2D eigenvalue weighted by molar-refractivity contribution is -0.140. The molecule has 0 unspecified atom stereocenters. The first kappa shape index (κ1) is 23.0. The summed E-state index contributed by atoms with van der Waals surface area (Å²) in [5, 5.41) is 0.484. The molecule has 1 spiro atoms. The van der Waals surface area contributed by atoms with Crippen molar-refractivity contribution in [3.63, 3.8) is 0 Å². The number of ether oxygens (including phenoxy) is 2. The molecule has 32 heavy (non-hydrogen) atoms. The minimum absolute atomic E-state index is 0.0702. The minimum Gasteiger partial charge on any atom is -0.497 e. The van der Waals surface area contributed by atoms with Crippen molar-refractivity contribution in [1.82, 2.24) is 9.21 Å². The Morgan fingerprint density at radius 3 is 2.34 bits per heavy atom. The number of likely N-dealkylation sites (tertiary alicyclic amines) is 1. The molecular weight excluding hydrogens is 452 g/mol. The van der Waals surface area contributed by atoms with Gasteiger partial charge in [0, 0.05) is 43.9 Å². The Hall–Kier alpha value is -2.13. The van der Waals surface area contributed by atoms with Crippen molar-refractivity contribution in [2.75, 3.05) is 33.4 Å². The largest absolute Gasteiger partial charge is 0.497 e. The number of carbonyl (C=O) groups is 1. The Morgan fingerprint density at radius 2 is 1.72 bits per heavy atom. The highest BCUT2D eigenvalue weighted by atomic mass is 35.5. The Morgan fingerprint density at radius 1 is 1.06 bits per heavy atom. The molecule has 0 aliphatic carbocycles. The maximum atomic E-state index is 13.3. The van der Waals surface area contributed by atoms with Gasteiger partial charge in [-0.25, -0.2) is 8.42 Å². The summed E-state index contributed by atoms with van der Waals surface area (Å²) in [5.41, 5.74) is 0.178. The van der Waals surface area contributed by atoms with Crippen LogP contribution in [0.4, 0.5) is 0 Å². The zero-order valence-electron chi connectivity index (χ0n) is 18.0. The van der Waals surface area contributed by atoms with E-state index in [4.69, 9.17) is 21.1 Å². The zero-order chi connectivity index (χ0) is 22.8. The van der Waals surface area contributed by atoms with Gasteiger partial charge in [-0.1, -0.05) is 23.7 Å². The van der Waals surface area contributed by atoms with Crippen LogP contribution in [0, 0.1) is 0 Å². The summed E-state index contributed by atoms with van der Waals surface area (Å²) in [6.07, 6.45) is 1.97. The third kappa shape index (κ3) is 4.64. The second-order valence-corrected chi connectivity index (χ2v) is 10.4. The highest BCUT2D eigenvalue weighted by Gasteiger charge is 2.50. The molecular formula is C23H27ClN2O5S. The van der Waals surface area contributed by atoms with Gasteiger partial charge in [-0.15, -0.1) is 0 Å². The van der Waals surface area contributed by atoms with Gasteiger partial charge in [0.1, 0.15) is 11.5 Å². The van der Waals surface area contributed by atoms with E-state index in [1.54, 1.807) is 19.2 Å². The number of nitrogens with zero attached hydrogens (tertiary/aromatic N) is 2. The van der Waals surface area contributed by atoms with Crippen molar-refractivity contribution in [1.29, 1.82) is 0 Å². The van der Waals surface area contributed by atoms with Crippen LogP contribution in [-0.2, 0) is 26.0 Å². The molecule has 172 valence electrons. The fourth-order valence-corrected chi connectivity index (χ4v) is 6.22. The average molecular weight is 479 g/mol. The molecule has 0 N–H and O–H groups in total. The first-order valence-electron chi connectivity index (χ1n) is 10.7. The van der Waals surface area contributed by atoms with Crippen molar-refractivity contribution >= 4 is 27.5 Å². The van der Waals surface area contributed by atoms with Crippen molar-refractivity contribution in [2.45, 2.75) is 36.3 Å². The third-order valence-corrected chi connectivity index (χ3v) is 8.42. The molecule has 2 aromatic carbocycles. The second-order valence-electron chi connectivity index (χ2n) is 8.05. The number of sulfonamides is 1. The smallest absolute Gasteiger partial charge is 0.245 e. The van der Waals surface area contributed by atoms with E-state index in [9.17, 15) is 13.2 Å². The Kier molecular flexibility index (Phi) is 6.76. The van der Waals surface area contributed by atoms with Gasteiger partial charge in [0.2, 0.25) is 15.9 Å². The van der Waals surface area contributed by atoms with Crippen LogP contribution in [0.15, 0.2) is 53.4 Å². The number of aryl methyl sites for hydroxylation is 1. The fourth-order valence-electron chi connectivity index (χ4n) is 4.37. The number of halogens is 1. The zero-order valence-corrected chi connectivity index (χ0v) is 19.6. The number of rotatable bonds is 6. The molecule has 2 fully saturated rings. The van der Waals surface area contributed by atoms with Crippen LogP contribution in [0.25, 0.3) is 0 Å². The summed E-state index contributed by atoms with van der Waals surface area (Å²) in [4.78, 5) is 14.8. The van der Waals surface area contributed by atoms with Crippen molar-refractivity contribution in [3.05, 3.63) is 59.1 Å². The molecule has 4 rings (SSSR count). The lowest BCUT2D eigenvalue weighted by Crippen LogP contribution is -2.55. The standard InChI is InChI=1S/C23H27ClN2O5S/c1-30-20-7-2-18(3-8-20)4-11-22(27)25-14-12-23(13-15-25)26(16-17-31-23)32(28,29)21-9-5-19(24)6-10-21/h2-3,5-10H,4,11-17H2,1H3. The normalized spacial score (nSPS) is 18.8. The Labute approximate surface area is 193 Å². The summed E-state index contributed by atoms with van der Waals surface area (Å²) in [6, 6.07) is 13.9. The summed E-state index contributed by atoms with van der Waals surface area (Å²) in [5.74, 6) is 0.858. The number of piperidine rings is 1.